The fraction of sp³-hybridized carbons (Fsp3) is 1.00. The van der Waals surface area contributed by atoms with Gasteiger partial charge in [0.2, 0.25) is 0 Å². The van der Waals surface area contributed by atoms with Crippen molar-refractivity contribution >= 4 is 11.8 Å². The van der Waals surface area contributed by atoms with Gasteiger partial charge in [0, 0.05) is 18.9 Å². The van der Waals surface area contributed by atoms with Crippen LogP contribution < -0.4 is 5.32 Å². The standard InChI is InChI=1S/C7H13NOS/c1-2-7(6-9-4-1)8-3-5-10-7/h8H,1-6H2. The van der Waals surface area contributed by atoms with Crippen molar-refractivity contribution in [3.8, 4) is 0 Å². The number of ether oxygens (including phenoxy) is 1. The SMILES string of the molecule is C1COCC2(C1)NCCS2. The molecule has 1 N–H and O–H groups in total. The third-order valence-corrected chi connectivity index (χ3v) is 3.56. The molecule has 2 nitrogen and oxygen atoms in total. The molecule has 0 saturated carbocycles. The maximum absolute atomic E-state index is 5.42. The van der Waals surface area contributed by atoms with E-state index in [0.29, 0.717) is 4.87 Å². The second-order valence-corrected chi connectivity index (χ2v) is 4.40. The first-order valence-electron chi connectivity index (χ1n) is 3.88. The van der Waals surface area contributed by atoms with E-state index in [9.17, 15) is 0 Å². The molecule has 0 aromatic carbocycles. The average Bonchev–Trinajstić information content (AvgIpc) is 2.39. The topological polar surface area (TPSA) is 21.3 Å². The van der Waals surface area contributed by atoms with Gasteiger partial charge in [0.05, 0.1) is 11.5 Å². The van der Waals surface area contributed by atoms with Crippen molar-refractivity contribution in [1.82, 2.24) is 5.32 Å². The average molecular weight is 159 g/mol. The molecule has 0 aromatic rings. The van der Waals surface area contributed by atoms with E-state index >= 15 is 0 Å². The smallest absolute Gasteiger partial charge is 0.0883 e. The Bertz CT molecular complexity index is 115. The number of hydrogen-bond donors (Lipinski definition) is 1. The molecule has 0 aromatic heterocycles. The van der Waals surface area contributed by atoms with Crippen LogP contribution in [-0.4, -0.2) is 30.4 Å². The summed E-state index contributed by atoms with van der Waals surface area (Å²) in [4.78, 5) is 0.318. The van der Waals surface area contributed by atoms with Crippen LogP contribution in [0.25, 0.3) is 0 Å². The van der Waals surface area contributed by atoms with Gasteiger partial charge in [-0.2, -0.15) is 0 Å². The van der Waals surface area contributed by atoms with Crippen molar-refractivity contribution in [2.45, 2.75) is 17.7 Å². The summed E-state index contributed by atoms with van der Waals surface area (Å²) >= 11 is 2.03. The summed E-state index contributed by atoms with van der Waals surface area (Å²) in [5, 5.41) is 3.51. The fourth-order valence-corrected chi connectivity index (χ4v) is 2.85. The lowest BCUT2D eigenvalue weighted by molar-refractivity contribution is 0.0613. The summed E-state index contributed by atoms with van der Waals surface area (Å²) in [5.41, 5.74) is 0. The zero-order valence-corrected chi connectivity index (χ0v) is 6.88. The van der Waals surface area contributed by atoms with E-state index in [1.54, 1.807) is 0 Å². The number of rotatable bonds is 0. The van der Waals surface area contributed by atoms with Crippen LogP contribution in [0.2, 0.25) is 0 Å². The molecular weight excluding hydrogens is 146 g/mol. The summed E-state index contributed by atoms with van der Waals surface area (Å²) in [6.45, 7) is 3.04. The van der Waals surface area contributed by atoms with Crippen LogP contribution in [0.1, 0.15) is 12.8 Å². The molecule has 0 radical (unpaired) electrons. The predicted molar refractivity (Wildman–Crippen MR) is 43.2 cm³/mol. The summed E-state index contributed by atoms with van der Waals surface area (Å²) in [5.74, 6) is 1.25. The molecule has 2 aliphatic rings. The van der Waals surface area contributed by atoms with Crippen LogP contribution in [0.3, 0.4) is 0 Å². The highest BCUT2D eigenvalue weighted by Crippen LogP contribution is 2.34. The minimum absolute atomic E-state index is 0.318. The molecule has 2 rings (SSSR count). The van der Waals surface area contributed by atoms with Crippen molar-refractivity contribution in [2.75, 3.05) is 25.5 Å². The van der Waals surface area contributed by atoms with E-state index < -0.39 is 0 Å². The molecule has 0 bridgehead atoms. The number of hydrogen-bond acceptors (Lipinski definition) is 3. The van der Waals surface area contributed by atoms with Crippen molar-refractivity contribution in [3.05, 3.63) is 0 Å². The Kier molecular flexibility index (Phi) is 1.89. The largest absolute Gasteiger partial charge is 0.379 e. The van der Waals surface area contributed by atoms with Gasteiger partial charge in [-0.05, 0) is 12.8 Å². The van der Waals surface area contributed by atoms with Crippen molar-refractivity contribution in [2.24, 2.45) is 0 Å². The Morgan fingerprint density at radius 2 is 2.50 bits per heavy atom. The van der Waals surface area contributed by atoms with Gasteiger partial charge < -0.3 is 10.1 Å². The van der Waals surface area contributed by atoms with Gasteiger partial charge in [0.1, 0.15) is 0 Å². The summed E-state index contributed by atoms with van der Waals surface area (Å²) < 4.78 is 5.42. The number of nitrogens with one attached hydrogen (secondary N) is 1. The maximum atomic E-state index is 5.42. The lowest BCUT2D eigenvalue weighted by Crippen LogP contribution is -2.44. The van der Waals surface area contributed by atoms with Gasteiger partial charge in [-0.1, -0.05) is 0 Å². The Balaban J connectivity index is 1.98. The van der Waals surface area contributed by atoms with Crippen LogP contribution >= 0.6 is 11.8 Å². The molecule has 0 amide bonds. The molecule has 3 heteroatoms. The second kappa shape index (κ2) is 2.72. The van der Waals surface area contributed by atoms with E-state index in [2.05, 4.69) is 5.32 Å². The fourth-order valence-electron chi connectivity index (χ4n) is 1.60. The third kappa shape index (κ3) is 1.18. The van der Waals surface area contributed by atoms with Crippen molar-refractivity contribution in [3.63, 3.8) is 0 Å². The highest BCUT2D eigenvalue weighted by Gasteiger charge is 2.35. The Morgan fingerprint density at radius 3 is 3.10 bits per heavy atom. The third-order valence-electron chi connectivity index (χ3n) is 2.13. The Morgan fingerprint density at radius 1 is 1.50 bits per heavy atom. The first-order chi connectivity index (χ1) is 4.91. The van der Waals surface area contributed by atoms with Gasteiger partial charge in [-0.25, -0.2) is 0 Å². The Labute approximate surface area is 65.7 Å². The normalized spacial score (nSPS) is 40.8. The molecule has 2 fully saturated rings. The zero-order chi connectivity index (χ0) is 6.86. The molecule has 0 aliphatic carbocycles. The maximum Gasteiger partial charge on any atom is 0.0883 e. The monoisotopic (exact) mass is 159 g/mol. The van der Waals surface area contributed by atoms with Crippen LogP contribution in [0, 0.1) is 0 Å². The van der Waals surface area contributed by atoms with Crippen LogP contribution in [-0.2, 0) is 4.74 Å². The first-order valence-corrected chi connectivity index (χ1v) is 4.87. The molecular formula is C7H13NOS. The molecule has 1 atom stereocenters. The molecule has 1 unspecified atom stereocenters. The predicted octanol–water partition coefficient (Wildman–Crippen LogP) is 0.829. The van der Waals surface area contributed by atoms with E-state index in [1.165, 1.54) is 18.6 Å². The molecule has 10 heavy (non-hydrogen) atoms. The van der Waals surface area contributed by atoms with E-state index in [-0.39, 0.29) is 0 Å². The summed E-state index contributed by atoms with van der Waals surface area (Å²) in [6, 6.07) is 0. The van der Waals surface area contributed by atoms with Crippen LogP contribution in [0.4, 0.5) is 0 Å². The van der Waals surface area contributed by atoms with Gasteiger partial charge in [-0.3, -0.25) is 0 Å². The van der Waals surface area contributed by atoms with E-state index in [1.807, 2.05) is 11.8 Å². The van der Waals surface area contributed by atoms with Gasteiger partial charge >= 0.3 is 0 Å². The molecule has 58 valence electrons. The van der Waals surface area contributed by atoms with E-state index in [0.717, 1.165) is 19.8 Å². The quantitative estimate of drug-likeness (QED) is 0.565. The summed E-state index contributed by atoms with van der Waals surface area (Å²) in [6.07, 6.45) is 2.51. The minimum atomic E-state index is 0.318. The minimum Gasteiger partial charge on any atom is -0.379 e. The highest BCUT2D eigenvalue weighted by atomic mass is 32.2. The number of thioether (sulfide) groups is 1. The van der Waals surface area contributed by atoms with Crippen LogP contribution in [0.15, 0.2) is 0 Å². The highest BCUT2D eigenvalue weighted by molar-refractivity contribution is 8.00. The van der Waals surface area contributed by atoms with Crippen LogP contribution in [0.5, 0.6) is 0 Å². The molecule has 2 saturated heterocycles. The zero-order valence-electron chi connectivity index (χ0n) is 6.06. The van der Waals surface area contributed by atoms with Gasteiger partial charge in [0.15, 0.2) is 0 Å². The van der Waals surface area contributed by atoms with Gasteiger partial charge in [-0.15, -0.1) is 11.8 Å². The lowest BCUT2D eigenvalue weighted by atomic mass is 10.1. The Hall–Kier alpha value is 0.270. The van der Waals surface area contributed by atoms with Crippen molar-refractivity contribution < 1.29 is 4.74 Å². The first kappa shape index (κ1) is 6.95. The lowest BCUT2D eigenvalue weighted by Gasteiger charge is -2.32. The second-order valence-electron chi connectivity index (χ2n) is 2.93. The molecule has 2 aliphatic heterocycles. The molecule has 1 spiro atoms. The molecule has 2 heterocycles. The van der Waals surface area contributed by atoms with Crippen molar-refractivity contribution in [1.29, 1.82) is 0 Å². The van der Waals surface area contributed by atoms with Gasteiger partial charge in [0.25, 0.3) is 0 Å². The van der Waals surface area contributed by atoms with E-state index in [4.69, 9.17) is 4.74 Å². The summed E-state index contributed by atoms with van der Waals surface area (Å²) in [7, 11) is 0.